The van der Waals surface area contributed by atoms with Gasteiger partial charge in [0.1, 0.15) is 11.5 Å². The lowest BCUT2D eigenvalue weighted by molar-refractivity contribution is -0.132. The average Bonchev–Trinajstić information content (AvgIpc) is 3.04. The van der Waals surface area contributed by atoms with Gasteiger partial charge in [0, 0.05) is 49.1 Å². The second-order valence-corrected chi connectivity index (χ2v) is 7.19. The zero-order valence-corrected chi connectivity index (χ0v) is 16.3. The summed E-state index contributed by atoms with van der Waals surface area (Å²) in [6.07, 6.45) is 2.83. The van der Waals surface area contributed by atoms with Crippen molar-refractivity contribution in [1.29, 1.82) is 0 Å². The number of aliphatic carboxylic acids is 1. The molecule has 2 aromatic heterocycles. The second-order valence-electron chi connectivity index (χ2n) is 7.19. The van der Waals surface area contributed by atoms with Crippen molar-refractivity contribution in [3.05, 3.63) is 65.2 Å². The van der Waals surface area contributed by atoms with Crippen molar-refractivity contribution in [3.8, 4) is 11.8 Å². The van der Waals surface area contributed by atoms with Gasteiger partial charge in [-0.15, -0.1) is 0 Å². The number of carbonyl (C=O) groups is 2. The summed E-state index contributed by atoms with van der Waals surface area (Å²) in [6, 6.07) is 10.4. The van der Waals surface area contributed by atoms with Crippen molar-refractivity contribution in [2.24, 2.45) is 0 Å². The molecule has 1 N–H and O–H groups in total. The molecule has 6 nitrogen and oxygen atoms in total. The number of aromatic nitrogens is 2. The van der Waals surface area contributed by atoms with Crippen molar-refractivity contribution in [3.63, 3.8) is 0 Å². The zero-order valence-electron chi connectivity index (χ0n) is 16.3. The van der Waals surface area contributed by atoms with Crippen LogP contribution in [0, 0.1) is 17.7 Å². The number of rotatable bonds is 4. The molecule has 0 saturated heterocycles. The molecular formula is C23H20FN3O3. The van der Waals surface area contributed by atoms with Gasteiger partial charge in [-0.3, -0.25) is 4.79 Å². The fourth-order valence-corrected chi connectivity index (χ4v) is 3.93. The third kappa shape index (κ3) is 4.03. The number of halogens is 1. The molecule has 0 aliphatic carbocycles. The lowest BCUT2D eigenvalue weighted by Crippen LogP contribution is -2.36. The summed E-state index contributed by atoms with van der Waals surface area (Å²) in [7, 11) is 0. The highest BCUT2D eigenvalue weighted by Crippen LogP contribution is 2.30. The SMILES string of the molecule is O=C(O)C#CCCC(=O)N1CCc2c(n(Cc3cccc(F)c3)c3ncccc23)C1. The minimum absolute atomic E-state index is 0.0594. The monoisotopic (exact) mass is 405 g/mol. The Hall–Kier alpha value is -3.66. The Balaban J connectivity index is 1.62. The zero-order chi connectivity index (χ0) is 21.1. The minimum atomic E-state index is -1.19. The van der Waals surface area contributed by atoms with Crippen molar-refractivity contribution >= 4 is 22.9 Å². The van der Waals surface area contributed by atoms with Gasteiger partial charge in [-0.25, -0.2) is 14.2 Å². The minimum Gasteiger partial charge on any atom is -0.472 e. The number of hydrogen-bond acceptors (Lipinski definition) is 3. The molecule has 0 spiro atoms. The van der Waals surface area contributed by atoms with E-state index in [9.17, 15) is 14.0 Å². The van der Waals surface area contributed by atoms with Gasteiger partial charge in [-0.05, 0) is 41.8 Å². The predicted octanol–water partition coefficient (Wildman–Crippen LogP) is 2.98. The quantitative estimate of drug-likeness (QED) is 0.677. The molecule has 3 heterocycles. The highest BCUT2D eigenvalue weighted by atomic mass is 19.1. The Kier molecular flexibility index (Phi) is 5.48. The Morgan fingerprint density at radius 3 is 2.90 bits per heavy atom. The fraction of sp³-hybridized carbons (Fsp3) is 0.261. The summed E-state index contributed by atoms with van der Waals surface area (Å²) in [5.41, 5.74) is 3.83. The van der Waals surface area contributed by atoms with E-state index < -0.39 is 5.97 Å². The van der Waals surface area contributed by atoms with Crippen molar-refractivity contribution in [2.75, 3.05) is 6.54 Å². The summed E-state index contributed by atoms with van der Waals surface area (Å²) in [5.74, 6) is 2.99. The summed E-state index contributed by atoms with van der Waals surface area (Å²) in [4.78, 5) is 29.4. The van der Waals surface area contributed by atoms with Gasteiger partial charge in [0.25, 0.3) is 0 Å². The molecule has 1 aliphatic rings. The molecule has 4 rings (SSSR count). The molecule has 0 unspecified atom stereocenters. The third-order valence-electron chi connectivity index (χ3n) is 5.26. The number of carboxylic acid groups (broad SMARTS) is 1. The summed E-state index contributed by atoms with van der Waals surface area (Å²) in [5, 5.41) is 9.63. The fourth-order valence-electron chi connectivity index (χ4n) is 3.93. The van der Waals surface area contributed by atoms with Crippen LogP contribution in [0.3, 0.4) is 0 Å². The van der Waals surface area contributed by atoms with Crippen LogP contribution in [0.15, 0.2) is 42.6 Å². The molecule has 1 aromatic carbocycles. The van der Waals surface area contributed by atoms with Crippen LogP contribution in [0.2, 0.25) is 0 Å². The lowest BCUT2D eigenvalue weighted by Gasteiger charge is -2.28. The number of carboxylic acids is 1. The average molecular weight is 405 g/mol. The van der Waals surface area contributed by atoms with E-state index in [2.05, 4.69) is 15.5 Å². The van der Waals surface area contributed by atoms with E-state index >= 15 is 0 Å². The molecule has 0 fully saturated rings. The van der Waals surface area contributed by atoms with Crippen molar-refractivity contribution in [1.82, 2.24) is 14.5 Å². The van der Waals surface area contributed by atoms with E-state index in [1.807, 2.05) is 24.1 Å². The van der Waals surface area contributed by atoms with Gasteiger partial charge in [0.2, 0.25) is 5.91 Å². The maximum atomic E-state index is 13.7. The van der Waals surface area contributed by atoms with Crippen molar-refractivity contribution < 1.29 is 19.1 Å². The van der Waals surface area contributed by atoms with Crippen molar-refractivity contribution in [2.45, 2.75) is 32.4 Å². The largest absolute Gasteiger partial charge is 0.472 e. The molecule has 1 amide bonds. The second kappa shape index (κ2) is 8.37. The van der Waals surface area contributed by atoms with Gasteiger partial charge >= 0.3 is 5.97 Å². The molecule has 0 atom stereocenters. The first-order valence-electron chi connectivity index (χ1n) is 9.72. The van der Waals surface area contributed by atoms with Crippen LogP contribution in [-0.2, 0) is 29.1 Å². The maximum Gasteiger partial charge on any atom is 0.381 e. The van der Waals surface area contributed by atoms with E-state index in [4.69, 9.17) is 5.11 Å². The van der Waals surface area contributed by atoms with Crippen LogP contribution in [-0.4, -0.2) is 38.0 Å². The van der Waals surface area contributed by atoms with Crippen LogP contribution in [0.1, 0.15) is 29.7 Å². The molecule has 0 saturated carbocycles. The molecule has 1 aliphatic heterocycles. The summed E-state index contributed by atoms with van der Waals surface area (Å²) < 4.78 is 15.7. The van der Waals surface area contributed by atoms with E-state index in [0.717, 1.165) is 22.3 Å². The standard InChI is InChI=1S/C23H20FN3O3/c24-17-6-3-5-16(13-17)14-27-20-15-26(21(28)8-1-2-9-22(29)30)12-10-18(20)19-7-4-11-25-23(19)27/h3-7,11,13H,1,8,10,12,14-15H2,(H,29,30). The molecular weight excluding hydrogens is 385 g/mol. The van der Waals surface area contributed by atoms with Gasteiger partial charge in [0.05, 0.1) is 6.54 Å². The Morgan fingerprint density at radius 2 is 2.10 bits per heavy atom. The maximum absolute atomic E-state index is 13.7. The number of pyridine rings is 1. The Bertz CT molecular complexity index is 1190. The van der Waals surface area contributed by atoms with Crippen LogP contribution in [0.4, 0.5) is 4.39 Å². The topological polar surface area (TPSA) is 75.4 Å². The van der Waals surface area contributed by atoms with Gasteiger partial charge in [0.15, 0.2) is 0 Å². The van der Waals surface area contributed by atoms with Gasteiger partial charge < -0.3 is 14.6 Å². The third-order valence-corrected chi connectivity index (χ3v) is 5.26. The summed E-state index contributed by atoms with van der Waals surface area (Å²) in [6.45, 7) is 1.49. The van der Waals surface area contributed by atoms with Crippen LogP contribution >= 0.6 is 0 Å². The number of carbonyl (C=O) groups excluding carboxylic acids is 1. The smallest absolute Gasteiger partial charge is 0.381 e. The number of fused-ring (bicyclic) bond motifs is 3. The predicted molar refractivity (Wildman–Crippen MR) is 109 cm³/mol. The van der Waals surface area contributed by atoms with E-state index in [0.29, 0.717) is 26.1 Å². The highest BCUT2D eigenvalue weighted by Gasteiger charge is 2.26. The van der Waals surface area contributed by atoms with E-state index in [1.165, 1.54) is 17.7 Å². The molecule has 0 bridgehead atoms. The van der Waals surface area contributed by atoms with E-state index in [1.54, 1.807) is 17.2 Å². The normalized spacial score (nSPS) is 12.9. The summed E-state index contributed by atoms with van der Waals surface area (Å²) >= 11 is 0. The number of nitrogens with zero attached hydrogens (tertiary/aromatic N) is 3. The first kappa shape index (κ1) is 19.6. The van der Waals surface area contributed by atoms with Crippen LogP contribution in [0.5, 0.6) is 0 Å². The number of benzene rings is 1. The Morgan fingerprint density at radius 1 is 1.23 bits per heavy atom. The van der Waals surface area contributed by atoms with E-state index in [-0.39, 0.29) is 24.6 Å². The van der Waals surface area contributed by atoms with Gasteiger partial charge in [-0.1, -0.05) is 18.1 Å². The Labute approximate surface area is 172 Å². The highest BCUT2D eigenvalue weighted by molar-refractivity contribution is 5.86. The number of hydrogen-bond donors (Lipinski definition) is 1. The molecule has 0 radical (unpaired) electrons. The molecule has 30 heavy (non-hydrogen) atoms. The number of amides is 1. The molecule has 152 valence electrons. The molecule has 7 heteroatoms. The first-order valence-corrected chi connectivity index (χ1v) is 9.72. The molecule has 3 aromatic rings. The van der Waals surface area contributed by atoms with Gasteiger partial charge in [-0.2, -0.15) is 0 Å². The van der Waals surface area contributed by atoms with Crippen LogP contribution in [0.25, 0.3) is 11.0 Å². The van der Waals surface area contributed by atoms with Crippen LogP contribution < -0.4 is 0 Å². The lowest BCUT2D eigenvalue weighted by atomic mass is 10.0. The first-order chi connectivity index (χ1) is 14.5.